The third-order valence-corrected chi connectivity index (χ3v) is 5.71. The molecule has 0 aromatic carbocycles. The average molecular weight is 378 g/mol. The van der Waals surface area contributed by atoms with E-state index in [9.17, 15) is 4.39 Å². The summed E-state index contributed by atoms with van der Waals surface area (Å²) in [5.74, 6) is 0.116. The maximum absolute atomic E-state index is 14.8. The molecule has 7 heteroatoms. The summed E-state index contributed by atoms with van der Waals surface area (Å²) in [6, 6.07) is 3.61. The van der Waals surface area contributed by atoms with Crippen LogP contribution in [0.1, 0.15) is 35.6 Å². The van der Waals surface area contributed by atoms with Crippen LogP contribution in [-0.2, 0) is 0 Å². The standard InChI is InChI=1S/C21H23FN6/c1-13-8-18(25-28-10-14(2)23-20(13)28)19-12-27-11-16(9-17(22)21(27)24-19)15-4-6-26(3)7-5-15/h8-12,15H,4-7H2,1-3H3. The molecule has 6 nitrogen and oxygen atoms in total. The van der Waals surface area contributed by atoms with Crippen LogP contribution < -0.4 is 0 Å². The summed E-state index contributed by atoms with van der Waals surface area (Å²) >= 11 is 0. The molecule has 0 saturated carbocycles. The Morgan fingerprint density at radius 1 is 0.964 bits per heavy atom. The third-order valence-electron chi connectivity index (χ3n) is 5.71. The monoisotopic (exact) mass is 378 g/mol. The van der Waals surface area contributed by atoms with Gasteiger partial charge in [-0.15, -0.1) is 0 Å². The van der Waals surface area contributed by atoms with Crippen molar-refractivity contribution in [1.82, 2.24) is 28.9 Å². The largest absolute Gasteiger partial charge is 0.306 e. The molecule has 0 amide bonds. The summed E-state index contributed by atoms with van der Waals surface area (Å²) in [5, 5.41) is 4.62. The summed E-state index contributed by atoms with van der Waals surface area (Å²) < 4.78 is 18.4. The highest BCUT2D eigenvalue weighted by molar-refractivity contribution is 5.63. The lowest BCUT2D eigenvalue weighted by Crippen LogP contribution is -2.29. The van der Waals surface area contributed by atoms with Crippen molar-refractivity contribution in [1.29, 1.82) is 0 Å². The van der Waals surface area contributed by atoms with E-state index in [4.69, 9.17) is 0 Å². The van der Waals surface area contributed by atoms with Gasteiger partial charge in [0.15, 0.2) is 17.1 Å². The molecule has 0 N–H and O–H groups in total. The molecule has 0 bridgehead atoms. The minimum atomic E-state index is -0.279. The Balaban J connectivity index is 1.57. The van der Waals surface area contributed by atoms with Crippen molar-refractivity contribution in [3.05, 3.63) is 53.4 Å². The number of pyridine rings is 1. The number of nitrogens with zero attached hydrogens (tertiary/aromatic N) is 6. The van der Waals surface area contributed by atoms with E-state index in [1.54, 1.807) is 15.0 Å². The molecule has 5 rings (SSSR count). The molecule has 0 aliphatic carbocycles. The van der Waals surface area contributed by atoms with Gasteiger partial charge >= 0.3 is 0 Å². The van der Waals surface area contributed by atoms with E-state index in [0.29, 0.717) is 23.0 Å². The highest BCUT2D eigenvalue weighted by Crippen LogP contribution is 2.29. The van der Waals surface area contributed by atoms with Crippen LogP contribution >= 0.6 is 0 Å². The molecule has 0 spiro atoms. The zero-order valence-electron chi connectivity index (χ0n) is 16.4. The molecule has 1 aliphatic rings. The first kappa shape index (κ1) is 17.3. The van der Waals surface area contributed by atoms with E-state index < -0.39 is 0 Å². The molecule has 5 heterocycles. The smallest absolute Gasteiger partial charge is 0.173 e. The van der Waals surface area contributed by atoms with Gasteiger partial charge in [-0.3, -0.25) is 0 Å². The first-order chi connectivity index (χ1) is 13.5. The van der Waals surface area contributed by atoms with Gasteiger partial charge in [0.05, 0.1) is 11.9 Å². The van der Waals surface area contributed by atoms with E-state index >= 15 is 0 Å². The van der Waals surface area contributed by atoms with Gasteiger partial charge in [-0.2, -0.15) is 5.10 Å². The number of aryl methyl sites for hydroxylation is 2. The van der Waals surface area contributed by atoms with Crippen LogP contribution in [0.2, 0.25) is 0 Å². The minimum Gasteiger partial charge on any atom is -0.306 e. The predicted octanol–water partition coefficient (Wildman–Crippen LogP) is 3.61. The summed E-state index contributed by atoms with van der Waals surface area (Å²) in [6.07, 6.45) is 7.90. The van der Waals surface area contributed by atoms with Gasteiger partial charge in [0.25, 0.3) is 0 Å². The molecule has 1 saturated heterocycles. The van der Waals surface area contributed by atoms with Crippen molar-refractivity contribution in [3.8, 4) is 11.4 Å². The van der Waals surface area contributed by atoms with Crippen LogP contribution in [0.4, 0.5) is 4.39 Å². The summed E-state index contributed by atoms with van der Waals surface area (Å²) in [4.78, 5) is 11.3. The number of piperidine rings is 1. The number of hydrogen-bond acceptors (Lipinski definition) is 4. The van der Waals surface area contributed by atoms with Crippen LogP contribution in [0.5, 0.6) is 0 Å². The molecule has 0 radical (unpaired) electrons. The van der Waals surface area contributed by atoms with Crippen molar-refractivity contribution < 1.29 is 4.39 Å². The fourth-order valence-electron chi connectivity index (χ4n) is 4.14. The molecule has 4 aromatic rings. The topological polar surface area (TPSA) is 50.7 Å². The molecular weight excluding hydrogens is 355 g/mol. The predicted molar refractivity (Wildman–Crippen MR) is 106 cm³/mol. The molecule has 28 heavy (non-hydrogen) atoms. The number of likely N-dealkylation sites (tertiary alicyclic amines) is 1. The van der Waals surface area contributed by atoms with Crippen LogP contribution in [0, 0.1) is 19.7 Å². The van der Waals surface area contributed by atoms with Crippen molar-refractivity contribution in [2.24, 2.45) is 0 Å². The third kappa shape index (κ3) is 2.86. The fraction of sp³-hybridized carbons (Fsp3) is 0.381. The lowest BCUT2D eigenvalue weighted by atomic mass is 9.90. The van der Waals surface area contributed by atoms with E-state index in [1.807, 2.05) is 38.5 Å². The molecule has 144 valence electrons. The van der Waals surface area contributed by atoms with E-state index in [2.05, 4.69) is 27.0 Å². The summed E-state index contributed by atoms with van der Waals surface area (Å²) in [7, 11) is 2.13. The Hall–Kier alpha value is -2.80. The first-order valence-electron chi connectivity index (χ1n) is 9.68. The Morgan fingerprint density at radius 3 is 2.54 bits per heavy atom. The van der Waals surface area contributed by atoms with Gasteiger partial charge in [0.1, 0.15) is 11.4 Å². The number of aromatic nitrogens is 5. The summed E-state index contributed by atoms with van der Waals surface area (Å²) in [5.41, 5.74) is 5.53. The van der Waals surface area contributed by atoms with Crippen molar-refractivity contribution >= 4 is 11.3 Å². The average Bonchev–Trinajstić information content (AvgIpc) is 3.25. The normalized spacial score (nSPS) is 16.4. The lowest BCUT2D eigenvalue weighted by Gasteiger charge is -2.29. The number of fused-ring (bicyclic) bond motifs is 2. The van der Waals surface area contributed by atoms with Gasteiger partial charge < -0.3 is 9.30 Å². The van der Waals surface area contributed by atoms with E-state index in [0.717, 1.165) is 48.4 Å². The Labute approximate surface area is 162 Å². The van der Waals surface area contributed by atoms with Crippen LogP contribution in [-0.4, -0.2) is 49.0 Å². The van der Waals surface area contributed by atoms with Gasteiger partial charge in [-0.05, 0) is 76.0 Å². The SMILES string of the molecule is Cc1cn2nc(-c3cn4cc(C5CCN(C)CC5)cc(F)c4n3)cc(C)c2n1. The molecular formula is C21H23FN6. The maximum atomic E-state index is 14.8. The van der Waals surface area contributed by atoms with Crippen LogP contribution in [0.25, 0.3) is 22.7 Å². The second kappa shape index (κ2) is 6.38. The van der Waals surface area contributed by atoms with E-state index in [1.165, 1.54) is 0 Å². The van der Waals surface area contributed by atoms with Gasteiger partial charge in [0, 0.05) is 12.4 Å². The molecule has 1 fully saturated rings. The molecule has 0 unspecified atom stereocenters. The summed E-state index contributed by atoms with van der Waals surface area (Å²) in [6.45, 7) is 6.04. The Morgan fingerprint density at radius 2 is 1.75 bits per heavy atom. The number of imidazole rings is 2. The fourth-order valence-corrected chi connectivity index (χ4v) is 4.14. The number of hydrogen-bond donors (Lipinski definition) is 0. The van der Waals surface area contributed by atoms with E-state index in [-0.39, 0.29) is 5.82 Å². The van der Waals surface area contributed by atoms with Gasteiger partial charge in [0.2, 0.25) is 0 Å². The first-order valence-corrected chi connectivity index (χ1v) is 9.68. The molecule has 4 aromatic heterocycles. The number of rotatable bonds is 2. The quantitative estimate of drug-likeness (QED) is 0.535. The van der Waals surface area contributed by atoms with Crippen molar-refractivity contribution in [2.45, 2.75) is 32.6 Å². The number of halogens is 1. The van der Waals surface area contributed by atoms with Crippen LogP contribution in [0.15, 0.2) is 30.7 Å². The second-order valence-corrected chi connectivity index (χ2v) is 7.92. The van der Waals surface area contributed by atoms with Crippen molar-refractivity contribution in [3.63, 3.8) is 0 Å². The Kier molecular flexibility index (Phi) is 3.94. The zero-order chi connectivity index (χ0) is 19.4. The second-order valence-electron chi connectivity index (χ2n) is 7.92. The maximum Gasteiger partial charge on any atom is 0.173 e. The lowest BCUT2D eigenvalue weighted by molar-refractivity contribution is 0.255. The minimum absolute atomic E-state index is 0.279. The highest BCUT2D eigenvalue weighted by Gasteiger charge is 2.21. The van der Waals surface area contributed by atoms with Crippen LogP contribution in [0.3, 0.4) is 0 Å². The highest BCUT2D eigenvalue weighted by atomic mass is 19.1. The van der Waals surface area contributed by atoms with Gasteiger partial charge in [-0.1, -0.05) is 0 Å². The van der Waals surface area contributed by atoms with Crippen molar-refractivity contribution in [2.75, 3.05) is 20.1 Å². The van der Waals surface area contributed by atoms with Gasteiger partial charge in [-0.25, -0.2) is 18.9 Å². The zero-order valence-corrected chi connectivity index (χ0v) is 16.4. The molecule has 1 aliphatic heterocycles. The molecule has 0 atom stereocenters. The Bertz CT molecular complexity index is 1180.